The lowest BCUT2D eigenvalue weighted by atomic mass is 9.92. The van der Waals surface area contributed by atoms with Gasteiger partial charge in [-0.15, -0.1) is 0 Å². The molecule has 3 nitrogen and oxygen atoms in total. The molecule has 0 fully saturated rings. The van der Waals surface area contributed by atoms with E-state index >= 15 is 0 Å². The number of hydrogen-bond acceptors (Lipinski definition) is 2. The molecule has 0 saturated heterocycles. The number of hydrogen-bond donors (Lipinski definition) is 1. The quantitative estimate of drug-likeness (QED) is 0.504. The second-order valence-electron chi connectivity index (χ2n) is 7.55. The van der Waals surface area contributed by atoms with Gasteiger partial charge < -0.3 is 9.72 Å². The zero-order valence-electron chi connectivity index (χ0n) is 16.4. The lowest BCUT2D eigenvalue weighted by Crippen LogP contribution is -2.35. The van der Waals surface area contributed by atoms with E-state index in [1.54, 1.807) is 13.2 Å². The van der Waals surface area contributed by atoms with Crippen LogP contribution in [0.2, 0.25) is 0 Å². The minimum absolute atomic E-state index is 0.0386. The summed E-state index contributed by atoms with van der Waals surface area (Å²) in [7, 11) is 1.68. The van der Waals surface area contributed by atoms with Gasteiger partial charge in [-0.1, -0.05) is 48.5 Å². The van der Waals surface area contributed by atoms with Crippen LogP contribution in [-0.4, -0.2) is 23.5 Å². The van der Waals surface area contributed by atoms with Crippen LogP contribution in [0.15, 0.2) is 72.8 Å². The van der Waals surface area contributed by atoms with Crippen LogP contribution in [0.5, 0.6) is 5.75 Å². The minimum Gasteiger partial charge on any atom is -0.497 e. The van der Waals surface area contributed by atoms with E-state index in [1.165, 1.54) is 28.3 Å². The molecule has 0 amide bonds. The average Bonchev–Trinajstić information content (AvgIpc) is 3.14. The van der Waals surface area contributed by atoms with Crippen molar-refractivity contribution in [2.45, 2.75) is 19.0 Å². The largest absolute Gasteiger partial charge is 0.497 e. The zero-order valence-corrected chi connectivity index (χ0v) is 16.4. The Morgan fingerprint density at radius 3 is 2.55 bits per heavy atom. The van der Waals surface area contributed by atoms with Crippen LogP contribution >= 0.6 is 0 Å². The van der Waals surface area contributed by atoms with Gasteiger partial charge in [0.1, 0.15) is 11.6 Å². The van der Waals surface area contributed by atoms with E-state index in [2.05, 4.69) is 46.3 Å². The summed E-state index contributed by atoms with van der Waals surface area (Å²) in [5.74, 6) is 0.686. The number of benzene rings is 3. The molecule has 1 aliphatic rings. The first-order valence-corrected chi connectivity index (χ1v) is 9.95. The van der Waals surface area contributed by atoms with Gasteiger partial charge in [-0.2, -0.15) is 0 Å². The predicted octanol–water partition coefficient (Wildman–Crippen LogP) is 5.46. The zero-order chi connectivity index (χ0) is 19.8. The molecule has 0 spiro atoms. The number of ether oxygens (including phenoxy) is 1. The van der Waals surface area contributed by atoms with Gasteiger partial charge in [0.25, 0.3) is 0 Å². The highest BCUT2D eigenvalue weighted by molar-refractivity contribution is 5.85. The molecule has 0 unspecified atom stereocenters. The molecule has 1 atom stereocenters. The van der Waals surface area contributed by atoms with Gasteiger partial charge in [0.15, 0.2) is 0 Å². The second-order valence-corrected chi connectivity index (χ2v) is 7.55. The Morgan fingerprint density at radius 1 is 1.00 bits per heavy atom. The Morgan fingerprint density at radius 2 is 1.76 bits per heavy atom. The highest BCUT2D eigenvalue weighted by Gasteiger charge is 2.32. The number of fused-ring (bicyclic) bond motifs is 3. The smallest absolute Gasteiger partial charge is 0.127 e. The monoisotopic (exact) mass is 386 g/mol. The average molecular weight is 386 g/mol. The SMILES string of the molecule is COc1ccc([C@@H]2c3[nH]c4ccccc4c3CCN2Cc2ccccc2F)cc1. The molecule has 0 radical (unpaired) electrons. The molecule has 4 heteroatoms. The number of methoxy groups -OCH3 is 1. The Kier molecular flexibility index (Phi) is 4.57. The van der Waals surface area contributed by atoms with E-state index in [4.69, 9.17) is 4.74 Å². The maximum Gasteiger partial charge on any atom is 0.127 e. The van der Waals surface area contributed by atoms with Crippen molar-refractivity contribution in [3.05, 3.63) is 101 Å². The number of para-hydroxylation sites is 1. The lowest BCUT2D eigenvalue weighted by Gasteiger charge is -2.36. The summed E-state index contributed by atoms with van der Waals surface area (Å²) in [5.41, 5.74) is 5.63. The molecule has 1 N–H and O–H groups in total. The molecule has 1 aromatic heterocycles. The van der Waals surface area contributed by atoms with Crippen molar-refractivity contribution in [2.75, 3.05) is 13.7 Å². The van der Waals surface area contributed by atoms with E-state index in [-0.39, 0.29) is 11.9 Å². The summed E-state index contributed by atoms with van der Waals surface area (Å²) < 4.78 is 19.7. The van der Waals surface area contributed by atoms with Gasteiger partial charge in [0.05, 0.1) is 13.2 Å². The predicted molar refractivity (Wildman–Crippen MR) is 114 cm³/mol. The number of aromatic nitrogens is 1. The van der Waals surface area contributed by atoms with Crippen molar-refractivity contribution < 1.29 is 9.13 Å². The summed E-state index contributed by atoms with van der Waals surface area (Å²) in [5, 5.41) is 1.28. The van der Waals surface area contributed by atoms with E-state index < -0.39 is 0 Å². The van der Waals surface area contributed by atoms with Gasteiger partial charge >= 0.3 is 0 Å². The fourth-order valence-corrected chi connectivity index (χ4v) is 4.47. The van der Waals surface area contributed by atoms with Crippen molar-refractivity contribution >= 4 is 10.9 Å². The van der Waals surface area contributed by atoms with Crippen LogP contribution in [0.1, 0.15) is 28.4 Å². The number of rotatable bonds is 4. The first-order valence-electron chi connectivity index (χ1n) is 9.95. The molecule has 0 aliphatic carbocycles. The van der Waals surface area contributed by atoms with Crippen LogP contribution in [0.3, 0.4) is 0 Å². The van der Waals surface area contributed by atoms with Crippen LogP contribution in [0.4, 0.5) is 4.39 Å². The second kappa shape index (κ2) is 7.37. The molecule has 0 bridgehead atoms. The van der Waals surface area contributed by atoms with Crippen molar-refractivity contribution in [1.29, 1.82) is 0 Å². The third-order valence-electron chi connectivity index (χ3n) is 5.90. The Bertz CT molecular complexity index is 1150. The number of halogens is 1. The van der Waals surface area contributed by atoms with E-state index in [9.17, 15) is 4.39 Å². The van der Waals surface area contributed by atoms with Gasteiger partial charge in [-0.25, -0.2) is 4.39 Å². The molecule has 0 saturated carbocycles. The molecule has 29 heavy (non-hydrogen) atoms. The van der Waals surface area contributed by atoms with Gasteiger partial charge in [0.2, 0.25) is 0 Å². The maximum absolute atomic E-state index is 14.4. The van der Waals surface area contributed by atoms with Crippen molar-refractivity contribution in [2.24, 2.45) is 0 Å². The topological polar surface area (TPSA) is 28.3 Å². The molecule has 5 rings (SSSR count). The Balaban J connectivity index is 1.61. The standard InChI is InChI=1S/C25H23FN2O/c1-29-19-12-10-17(11-13-19)25-24-21(20-7-3-5-9-23(20)27-24)14-15-28(25)16-18-6-2-4-8-22(18)26/h2-13,25,27H,14-16H2,1H3/t25-/m1/s1. The van der Waals surface area contributed by atoms with Gasteiger partial charge in [0, 0.05) is 35.2 Å². The summed E-state index contributed by atoms with van der Waals surface area (Å²) >= 11 is 0. The van der Waals surface area contributed by atoms with E-state index in [0.717, 1.165) is 29.8 Å². The molecule has 2 heterocycles. The lowest BCUT2D eigenvalue weighted by molar-refractivity contribution is 0.199. The number of nitrogens with zero attached hydrogens (tertiary/aromatic N) is 1. The fourth-order valence-electron chi connectivity index (χ4n) is 4.47. The highest BCUT2D eigenvalue weighted by atomic mass is 19.1. The first-order chi connectivity index (χ1) is 14.2. The van der Waals surface area contributed by atoms with Crippen molar-refractivity contribution in [1.82, 2.24) is 9.88 Å². The van der Waals surface area contributed by atoms with Crippen LogP contribution in [0.25, 0.3) is 10.9 Å². The van der Waals surface area contributed by atoms with Crippen molar-refractivity contribution in [3.8, 4) is 5.75 Å². The molecule has 4 aromatic rings. The summed E-state index contributed by atoms with van der Waals surface area (Å²) in [6, 6.07) is 23.8. The minimum atomic E-state index is -0.150. The van der Waals surface area contributed by atoms with Crippen LogP contribution in [0, 0.1) is 5.82 Å². The van der Waals surface area contributed by atoms with Gasteiger partial charge in [-0.3, -0.25) is 4.90 Å². The van der Waals surface area contributed by atoms with E-state index in [0.29, 0.717) is 6.54 Å². The molecular formula is C25H23FN2O. The normalized spacial score (nSPS) is 16.7. The summed E-state index contributed by atoms with van der Waals surface area (Å²) in [4.78, 5) is 6.02. The maximum atomic E-state index is 14.4. The third-order valence-corrected chi connectivity index (χ3v) is 5.90. The fraction of sp³-hybridized carbons (Fsp3) is 0.200. The third kappa shape index (κ3) is 3.19. The van der Waals surface area contributed by atoms with Crippen molar-refractivity contribution in [3.63, 3.8) is 0 Å². The van der Waals surface area contributed by atoms with E-state index in [1.807, 2.05) is 24.3 Å². The van der Waals surface area contributed by atoms with Crippen LogP contribution < -0.4 is 4.74 Å². The number of nitrogens with one attached hydrogen (secondary N) is 1. The summed E-state index contributed by atoms with van der Waals surface area (Å²) in [6.45, 7) is 1.44. The first kappa shape index (κ1) is 18.0. The molecular weight excluding hydrogens is 363 g/mol. The van der Waals surface area contributed by atoms with Crippen LogP contribution in [-0.2, 0) is 13.0 Å². The van der Waals surface area contributed by atoms with Gasteiger partial charge in [-0.05, 0) is 41.8 Å². The summed E-state index contributed by atoms with van der Waals surface area (Å²) in [6.07, 6.45) is 0.945. The molecule has 1 aliphatic heterocycles. The Labute approximate surface area is 169 Å². The Hall–Kier alpha value is -3.11. The number of H-pyrrole nitrogens is 1. The number of aromatic amines is 1. The molecule has 146 valence electrons. The molecule has 3 aromatic carbocycles. The highest BCUT2D eigenvalue weighted by Crippen LogP contribution is 2.39.